The fourth-order valence-electron chi connectivity index (χ4n) is 8.56. The molecule has 0 aromatic heterocycles. The number of cyclic esters (lactones) is 1. The Labute approximate surface area is 372 Å². The van der Waals surface area contributed by atoms with Gasteiger partial charge in [-0.3, -0.25) is 28.8 Å². The van der Waals surface area contributed by atoms with Crippen LogP contribution in [-0.4, -0.2) is 120 Å². The first kappa shape index (κ1) is 53.9. The van der Waals surface area contributed by atoms with Crippen molar-refractivity contribution in [1.29, 1.82) is 5.26 Å². The van der Waals surface area contributed by atoms with Crippen LogP contribution in [0.1, 0.15) is 159 Å². The Bertz CT molecular complexity index is 1540. The SMILES string of the molecule is CCCC[C@@H](C)C[C@@H]1NC(=O)[C@H](CC2CCCCC2)N(C)C(=O)[C@H](CC(C)C)NC(=O)[C@H](CC(C)C)N(C)C(=O)[C@H]([C@@H](C)CC)NC(=O)[C@@H](CCC#N)OC(=O)[C@H](C)N(C)C1=O. The quantitative estimate of drug-likeness (QED) is 0.178. The van der Waals surface area contributed by atoms with Crippen molar-refractivity contribution in [3.8, 4) is 6.07 Å². The first-order valence-electron chi connectivity index (χ1n) is 23.5. The zero-order chi connectivity index (χ0) is 46.8. The first-order valence-corrected chi connectivity index (χ1v) is 23.5. The van der Waals surface area contributed by atoms with Gasteiger partial charge >= 0.3 is 5.97 Å². The number of nitrogens with one attached hydrogen (secondary N) is 3. The van der Waals surface area contributed by atoms with Crippen LogP contribution in [-0.2, 0) is 38.3 Å². The minimum atomic E-state index is -1.47. The molecule has 1 aliphatic carbocycles. The highest BCUT2D eigenvalue weighted by molar-refractivity contribution is 5.97. The van der Waals surface area contributed by atoms with Crippen molar-refractivity contribution in [2.24, 2.45) is 29.6 Å². The zero-order valence-electron chi connectivity index (χ0n) is 40.1. The zero-order valence-corrected chi connectivity index (χ0v) is 40.1. The van der Waals surface area contributed by atoms with Gasteiger partial charge < -0.3 is 35.4 Å². The third-order valence-electron chi connectivity index (χ3n) is 13.0. The summed E-state index contributed by atoms with van der Waals surface area (Å²) in [5.41, 5.74) is 0. The van der Waals surface area contributed by atoms with E-state index in [1.54, 1.807) is 14.0 Å². The molecule has 1 saturated carbocycles. The van der Waals surface area contributed by atoms with E-state index in [1.165, 1.54) is 35.7 Å². The number of carbonyl (C=O) groups is 7. The molecule has 352 valence electrons. The lowest BCUT2D eigenvalue weighted by atomic mass is 9.84. The van der Waals surface area contributed by atoms with Gasteiger partial charge in [-0.1, -0.05) is 113 Å². The van der Waals surface area contributed by atoms with Crippen molar-refractivity contribution in [1.82, 2.24) is 30.7 Å². The summed E-state index contributed by atoms with van der Waals surface area (Å²) in [6, 6.07) is -4.44. The Balaban J connectivity index is 2.86. The van der Waals surface area contributed by atoms with Crippen molar-refractivity contribution >= 4 is 41.4 Å². The lowest BCUT2D eigenvalue weighted by Gasteiger charge is -2.37. The van der Waals surface area contributed by atoms with Gasteiger partial charge in [0.25, 0.3) is 5.91 Å². The van der Waals surface area contributed by atoms with Crippen molar-refractivity contribution in [2.75, 3.05) is 21.1 Å². The number of likely N-dealkylation sites (N-methyl/N-ethyl adjacent to an activating group) is 3. The van der Waals surface area contributed by atoms with Gasteiger partial charge in [0.2, 0.25) is 29.5 Å². The summed E-state index contributed by atoms with van der Waals surface area (Å²) in [6.07, 6.45) is 7.47. The Hall–Kier alpha value is -4.22. The van der Waals surface area contributed by atoms with Gasteiger partial charge in [0.15, 0.2) is 6.10 Å². The number of amides is 6. The largest absolute Gasteiger partial charge is 0.451 e. The number of hydrogen-bond acceptors (Lipinski definition) is 9. The Morgan fingerprint density at radius 3 is 1.81 bits per heavy atom. The number of ether oxygens (including phenoxy) is 1. The molecule has 62 heavy (non-hydrogen) atoms. The van der Waals surface area contributed by atoms with E-state index in [4.69, 9.17) is 4.74 Å². The molecule has 15 heteroatoms. The Kier molecular flexibility index (Phi) is 23.0. The van der Waals surface area contributed by atoms with Crippen LogP contribution < -0.4 is 16.0 Å². The molecule has 0 aromatic rings. The van der Waals surface area contributed by atoms with Crippen LogP contribution >= 0.6 is 0 Å². The summed E-state index contributed by atoms with van der Waals surface area (Å²) in [5, 5.41) is 18.2. The maximum atomic E-state index is 14.8. The third-order valence-corrected chi connectivity index (χ3v) is 13.0. The summed E-state index contributed by atoms with van der Waals surface area (Å²) >= 11 is 0. The topological polar surface area (TPSA) is 198 Å². The number of nitrogens with zero attached hydrogens (tertiary/aromatic N) is 4. The monoisotopic (exact) mass is 872 g/mol. The van der Waals surface area contributed by atoms with E-state index in [2.05, 4.69) is 22.9 Å². The van der Waals surface area contributed by atoms with E-state index >= 15 is 0 Å². The van der Waals surface area contributed by atoms with Crippen LogP contribution in [0.3, 0.4) is 0 Å². The summed E-state index contributed by atoms with van der Waals surface area (Å²) in [6.45, 7) is 17.0. The second-order valence-electron chi connectivity index (χ2n) is 19.2. The van der Waals surface area contributed by atoms with E-state index in [-0.39, 0.29) is 55.8 Å². The molecule has 1 heterocycles. The third kappa shape index (κ3) is 16.2. The van der Waals surface area contributed by atoms with E-state index in [0.717, 1.165) is 51.4 Å². The molecule has 0 radical (unpaired) electrons. The Morgan fingerprint density at radius 1 is 0.710 bits per heavy atom. The van der Waals surface area contributed by atoms with Gasteiger partial charge in [-0.25, -0.2) is 4.79 Å². The smallest absolute Gasteiger partial charge is 0.329 e. The summed E-state index contributed by atoms with van der Waals surface area (Å²) in [4.78, 5) is 105. The predicted octanol–water partition coefficient (Wildman–Crippen LogP) is 5.50. The molecule has 2 fully saturated rings. The molecule has 15 nitrogen and oxygen atoms in total. The fraction of sp³-hybridized carbons (Fsp3) is 0.830. The number of nitriles is 1. The van der Waals surface area contributed by atoms with Gasteiger partial charge in [0.05, 0.1) is 6.07 Å². The number of esters is 1. The van der Waals surface area contributed by atoms with E-state index in [1.807, 2.05) is 47.6 Å². The molecule has 3 N–H and O–H groups in total. The maximum Gasteiger partial charge on any atom is 0.329 e. The van der Waals surface area contributed by atoms with Crippen LogP contribution in [0, 0.1) is 40.9 Å². The predicted molar refractivity (Wildman–Crippen MR) is 239 cm³/mol. The molecule has 2 rings (SSSR count). The lowest BCUT2D eigenvalue weighted by molar-refractivity contribution is -0.163. The van der Waals surface area contributed by atoms with Gasteiger partial charge in [-0.2, -0.15) is 5.26 Å². The van der Waals surface area contributed by atoms with Crippen molar-refractivity contribution in [2.45, 2.75) is 201 Å². The minimum absolute atomic E-state index is 0.0215. The van der Waals surface area contributed by atoms with Gasteiger partial charge in [0.1, 0.15) is 36.3 Å². The van der Waals surface area contributed by atoms with Gasteiger partial charge in [-0.15, -0.1) is 0 Å². The number of unbranched alkanes of at least 4 members (excludes halogenated alkanes) is 1. The summed E-state index contributed by atoms with van der Waals surface area (Å²) in [5.74, 6) is -4.57. The van der Waals surface area contributed by atoms with Crippen molar-refractivity contribution < 1.29 is 38.3 Å². The second-order valence-corrected chi connectivity index (χ2v) is 19.2. The summed E-state index contributed by atoms with van der Waals surface area (Å²) < 4.78 is 5.75. The Morgan fingerprint density at radius 2 is 1.26 bits per heavy atom. The van der Waals surface area contributed by atoms with Crippen molar-refractivity contribution in [3.63, 3.8) is 0 Å². The highest BCUT2D eigenvalue weighted by Crippen LogP contribution is 2.30. The fourth-order valence-corrected chi connectivity index (χ4v) is 8.56. The van der Waals surface area contributed by atoms with Crippen LogP contribution in [0.25, 0.3) is 0 Å². The van der Waals surface area contributed by atoms with Gasteiger partial charge in [0, 0.05) is 34.0 Å². The lowest BCUT2D eigenvalue weighted by Crippen LogP contribution is -2.60. The van der Waals surface area contributed by atoms with Gasteiger partial charge in [-0.05, 0) is 62.2 Å². The molecule has 1 saturated heterocycles. The molecule has 0 aromatic carbocycles. The average Bonchev–Trinajstić information content (AvgIpc) is 3.24. The molecule has 0 unspecified atom stereocenters. The molecule has 2 aliphatic rings. The van der Waals surface area contributed by atoms with E-state index < -0.39 is 89.7 Å². The minimum Gasteiger partial charge on any atom is -0.451 e. The first-order chi connectivity index (χ1) is 29.2. The second kappa shape index (κ2) is 26.4. The van der Waals surface area contributed by atoms with E-state index in [0.29, 0.717) is 12.8 Å². The highest BCUT2D eigenvalue weighted by Gasteiger charge is 2.41. The normalized spacial score (nSPS) is 27.3. The maximum absolute atomic E-state index is 14.8. The molecule has 0 spiro atoms. The molecular formula is C47H81N7O8. The van der Waals surface area contributed by atoms with Crippen LogP contribution in [0.15, 0.2) is 0 Å². The number of carbonyl (C=O) groups excluding carboxylic acids is 7. The number of rotatable bonds is 15. The standard InChI is InChI=1S/C47H81N7O8/c1-13-15-20-31(7)27-36-44(58)52(10)33(9)47(61)62-39(23-19-24-48)43(57)51-40(32(8)14-2)46(60)54(12)37(26-30(5)6)41(55)49-35(25-29(3)4)45(59)53(11)38(42(56)50-36)28-34-21-17-16-18-22-34/h29-40H,13-23,25-28H2,1-12H3,(H,49,55)(H,50,56)(H,51,57)/t31-,32+,33+,35+,36+,37+,38+,39-,40+/m1/s1. The van der Waals surface area contributed by atoms with Crippen LogP contribution in [0.5, 0.6) is 0 Å². The van der Waals surface area contributed by atoms with E-state index in [9.17, 15) is 38.8 Å². The average molecular weight is 872 g/mol. The highest BCUT2D eigenvalue weighted by atomic mass is 16.5. The molecular weight excluding hydrogens is 791 g/mol. The molecule has 1 aliphatic heterocycles. The van der Waals surface area contributed by atoms with Crippen LogP contribution in [0.4, 0.5) is 0 Å². The number of hydrogen-bond donors (Lipinski definition) is 3. The molecule has 9 atom stereocenters. The molecule has 6 amide bonds. The van der Waals surface area contributed by atoms with Crippen molar-refractivity contribution in [3.05, 3.63) is 0 Å². The van der Waals surface area contributed by atoms with Crippen LogP contribution in [0.2, 0.25) is 0 Å². The summed E-state index contributed by atoms with van der Waals surface area (Å²) in [7, 11) is 4.53. The molecule has 0 bridgehead atoms.